The summed E-state index contributed by atoms with van der Waals surface area (Å²) in [5, 5.41) is 7.77. The summed E-state index contributed by atoms with van der Waals surface area (Å²) in [7, 11) is 1.64. The van der Waals surface area contributed by atoms with E-state index in [0.717, 1.165) is 46.9 Å². The molecule has 0 heterocycles. The largest absolute Gasteiger partial charge is 0.497 e. The van der Waals surface area contributed by atoms with Gasteiger partial charge in [0.1, 0.15) is 5.75 Å². The third kappa shape index (κ3) is 4.34. The number of amides is 2. The molecule has 5 nitrogen and oxygen atoms in total. The fourth-order valence-electron chi connectivity index (χ4n) is 3.08. The van der Waals surface area contributed by atoms with Crippen molar-refractivity contribution in [3.63, 3.8) is 0 Å². The maximum atomic E-state index is 12.5. The highest BCUT2D eigenvalue weighted by molar-refractivity contribution is 6.03. The zero-order valence-corrected chi connectivity index (χ0v) is 15.4. The van der Waals surface area contributed by atoms with Crippen molar-refractivity contribution in [3.8, 4) is 5.75 Å². The Bertz CT molecular complexity index is 812. The summed E-state index contributed by atoms with van der Waals surface area (Å²) in [6.07, 6.45) is 3.56. The highest BCUT2D eigenvalue weighted by Crippen LogP contribution is 2.34. The van der Waals surface area contributed by atoms with Gasteiger partial charge in [-0.15, -0.1) is 0 Å². The first kappa shape index (κ1) is 18.2. The summed E-state index contributed by atoms with van der Waals surface area (Å²) in [5.74, 6) is 1.21. The number of nitrogens with one attached hydrogen (secondary N) is 2. The number of benzene rings is 2. The number of Topliss-reactive ketones (excluding diaryl/α,β-unsaturated/α-hetero) is 1. The van der Waals surface area contributed by atoms with E-state index in [-0.39, 0.29) is 17.7 Å². The topological polar surface area (TPSA) is 67.4 Å². The number of carbonyl (C=O) groups is 2. The minimum Gasteiger partial charge on any atom is -0.497 e. The van der Waals surface area contributed by atoms with Gasteiger partial charge >= 0.3 is 6.03 Å². The second-order valence-corrected chi connectivity index (χ2v) is 6.79. The van der Waals surface area contributed by atoms with Gasteiger partial charge in [-0.3, -0.25) is 4.79 Å². The molecule has 0 aliphatic heterocycles. The van der Waals surface area contributed by atoms with Crippen molar-refractivity contribution in [2.45, 2.75) is 32.6 Å². The molecule has 0 bridgehead atoms. The standard InChI is InChI=1S/C21H26N2O3/c1-3-9-22-21(25)23-10-8-16-12-17(20(24)14-4-5-14)11-15-6-7-18(26-2)13-19(15)16/h6-7,11-14H,3-5,8-10H2,1-2H3,(H2,22,23,25). The number of methoxy groups -OCH3 is 1. The van der Waals surface area contributed by atoms with Gasteiger partial charge in [-0.1, -0.05) is 13.0 Å². The number of ether oxygens (including phenoxy) is 1. The Morgan fingerprint density at radius 3 is 2.58 bits per heavy atom. The molecule has 0 unspecified atom stereocenters. The molecule has 2 aromatic rings. The van der Waals surface area contributed by atoms with Crippen LogP contribution in [0.3, 0.4) is 0 Å². The van der Waals surface area contributed by atoms with E-state index >= 15 is 0 Å². The van der Waals surface area contributed by atoms with Crippen LogP contribution >= 0.6 is 0 Å². The van der Waals surface area contributed by atoms with Gasteiger partial charge in [-0.25, -0.2) is 4.79 Å². The molecule has 1 saturated carbocycles. The lowest BCUT2D eigenvalue weighted by Gasteiger charge is -2.12. The molecule has 1 aliphatic carbocycles. The van der Waals surface area contributed by atoms with Crippen molar-refractivity contribution >= 4 is 22.6 Å². The van der Waals surface area contributed by atoms with Crippen LogP contribution in [0.4, 0.5) is 4.79 Å². The highest BCUT2D eigenvalue weighted by atomic mass is 16.5. The Kier molecular flexibility index (Phi) is 5.76. The van der Waals surface area contributed by atoms with Crippen LogP contribution in [0.5, 0.6) is 5.75 Å². The molecule has 138 valence electrons. The summed E-state index contributed by atoms with van der Waals surface area (Å²) in [6, 6.07) is 9.69. The summed E-state index contributed by atoms with van der Waals surface area (Å²) >= 11 is 0. The minimum atomic E-state index is -0.154. The highest BCUT2D eigenvalue weighted by Gasteiger charge is 2.30. The predicted octanol–water partition coefficient (Wildman–Crippen LogP) is 3.69. The van der Waals surface area contributed by atoms with Crippen molar-refractivity contribution in [2.24, 2.45) is 5.92 Å². The van der Waals surface area contributed by atoms with Crippen LogP contribution in [0.1, 0.15) is 42.1 Å². The number of hydrogen-bond donors (Lipinski definition) is 2. The number of rotatable bonds is 8. The summed E-state index contributed by atoms with van der Waals surface area (Å²) in [6.45, 7) is 3.20. The number of ketones is 1. The van der Waals surface area contributed by atoms with E-state index in [1.165, 1.54) is 0 Å². The van der Waals surface area contributed by atoms with Gasteiger partial charge in [0.25, 0.3) is 0 Å². The van der Waals surface area contributed by atoms with Gasteiger partial charge in [0.2, 0.25) is 0 Å². The number of hydrogen-bond acceptors (Lipinski definition) is 3. The van der Waals surface area contributed by atoms with Gasteiger partial charge in [-0.05, 0) is 66.3 Å². The normalized spacial score (nSPS) is 13.5. The fourth-order valence-corrected chi connectivity index (χ4v) is 3.08. The van der Waals surface area contributed by atoms with Gasteiger partial charge in [0.15, 0.2) is 5.78 Å². The lowest BCUT2D eigenvalue weighted by molar-refractivity contribution is 0.0967. The zero-order valence-electron chi connectivity index (χ0n) is 15.4. The molecule has 0 atom stereocenters. The van der Waals surface area contributed by atoms with Crippen molar-refractivity contribution in [1.82, 2.24) is 10.6 Å². The monoisotopic (exact) mass is 354 g/mol. The molecule has 0 aromatic heterocycles. The van der Waals surface area contributed by atoms with Crippen LogP contribution in [-0.4, -0.2) is 32.0 Å². The molecule has 1 aliphatic rings. The first-order chi connectivity index (χ1) is 12.6. The van der Waals surface area contributed by atoms with Gasteiger partial charge < -0.3 is 15.4 Å². The smallest absolute Gasteiger partial charge is 0.314 e. The zero-order chi connectivity index (χ0) is 18.5. The first-order valence-corrected chi connectivity index (χ1v) is 9.29. The molecule has 2 aromatic carbocycles. The third-order valence-corrected chi connectivity index (χ3v) is 4.70. The van der Waals surface area contributed by atoms with E-state index in [0.29, 0.717) is 19.5 Å². The van der Waals surface area contributed by atoms with Crippen LogP contribution in [0, 0.1) is 5.92 Å². The van der Waals surface area contributed by atoms with Crippen molar-refractivity contribution < 1.29 is 14.3 Å². The summed E-state index contributed by atoms with van der Waals surface area (Å²) in [4.78, 5) is 24.3. The van der Waals surface area contributed by atoms with E-state index in [2.05, 4.69) is 10.6 Å². The Morgan fingerprint density at radius 1 is 1.12 bits per heavy atom. The molecule has 26 heavy (non-hydrogen) atoms. The van der Waals surface area contributed by atoms with Crippen LogP contribution < -0.4 is 15.4 Å². The van der Waals surface area contributed by atoms with E-state index < -0.39 is 0 Å². The first-order valence-electron chi connectivity index (χ1n) is 9.29. The number of fused-ring (bicyclic) bond motifs is 1. The predicted molar refractivity (Wildman–Crippen MR) is 103 cm³/mol. The molecule has 3 rings (SSSR count). The Labute approximate surface area is 154 Å². The average Bonchev–Trinajstić information content (AvgIpc) is 3.50. The van der Waals surface area contributed by atoms with Crippen molar-refractivity contribution in [3.05, 3.63) is 41.5 Å². The maximum absolute atomic E-state index is 12.5. The Hall–Kier alpha value is -2.56. The number of urea groups is 1. The minimum absolute atomic E-state index is 0.154. The quantitative estimate of drug-likeness (QED) is 0.711. The van der Waals surface area contributed by atoms with Crippen LogP contribution in [0.2, 0.25) is 0 Å². The lowest BCUT2D eigenvalue weighted by atomic mass is 9.95. The SMILES string of the molecule is CCCNC(=O)NCCc1cc(C(=O)C2CC2)cc2ccc(OC)cc12. The molecule has 0 saturated heterocycles. The lowest BCUT2D eigenvalue weighted by Crippen LogP contribution is -2.36. The maximum Gasteiger partial charge on any atom is 0.314 e. The van der Waals surface area contributed by atoms with Crippen LogP contribution in [0.15, 0.2) is 30.3 Å². The Morgan fingerprint density at radius 2 is 1.88 bits per heavy atom. The van der Waals surface area contributed by atoms with Gasteiger partial charge in [0.05, 0.1) is 7.11 Å². The van der Waals surface area contributed by atoms with Crippen LogP contribution in [0.25, 0.3) is 10.8 Å². The molecule has 0 radical (unpaired) electrons. The molecular formula is C21H26N2O3. The average molecular weight is 354 g/mol. The van der Waals surface area contributed by atoms with E-state index in [9.17, 15) is 9.59 Å². The fraction of sp³-hybridized carbons (Fsp3) is 0.429. The van der Waals surface area contributed by atoms with Crippen molar-refractivity contribution in [1.29, 1.82) is 0 Å². The van der Waals surface area contributed by atoms with E-state index in [4.69, 9.17) is 4.74 Å². The van der Waals surface area contributed by atoms with Gasteiger partial charge in [-0.2, -0.15) is 0 Å². The molecule has 2 N–H and O–H groups in total. The van der Waals surface area contributed by atoms with E-state index in [1.54, 1.807) is 7.11 Å². The summed E-state index contributed by atoms with van der Waals surface area (Å²) in [5.41, 5.74) is 1.83. The molecular weight excluding hydrogens is 328 g/mol. The van der Waals surface area contributed by atoms with Gasteiger partial charge in [0, 0.05) is 24.6 Å². The van der Waals surface area contributed by atoms with E-state index in [1.807, 2.05) is 37.3 Å². The molecule has 1 fully saturated rings. The third-order valence-electron chi connectivity index (χ3n) is 4.70. The van der Waals surface area contributed by atoms with Crippen LogP contribution in [-0.2, 0) is 6.42 Å². The second kappa shape index (κ2) is 8.21. The Balaban J connectivity index is 1.82. The molecule has 0 spiro atoms. The summed E-state index contributed by atoms with van der Waals surface area (Å²) < 4.78 is 5.34. The molecule has 5 heteroatoms. The second-order valence-electron chi connectivity index (χ2n) is 6.79. The number of carbonyl (C=O) groups excluding carboxylic acids is 2. The molecule has 2 amide bonds. The van der Waals surface area contributed by atoms with Crippen molar-refractivity contribution in [2.75, 3.05) is 20.2 Å².